The van der Waals surface area contributed by atoms with Crippen molar-refractivity contribution in [3.05, 3.63) is 99.6 Å². The Morgan fingerprint density at radius 2 is 1.55 bits per heavy atom. The fourth-order valence-electron chi connectivity index (χ4n) is 3.14. The van der Waals surface area contributed by atoms with Crippen LogP contribution in [0.2, 0.25) is 0 Å². The van der Waals surface area contributed by atoms with E-state index in [1.54, 1.807) is 38.5 Å². The van der Waals surface area contributed by atoms with Crippen LogP contribution in [0.3, 0.4) is 0 Å². The van der Waals surface area contributed by atoms with Crippen molar-refractivity contribution in [2.45, 2.75) is 12.5 Å². The lowest BCUT2D eigenvalue weighted by Crippen LogP contribution is -2.14. The van der Waals surface area contributed by atoms with Gasteiger partial charge in [-0.3, -0.25) is 10.1 Å². The van der Waals surface area contributed by atoms with E-state index >= 15 is 0 Å². The fraction of sp³-hybridized carbons (Fsp3) is 0.217. The summed E-state index contributed by atoms with van der Waals surface area (Å²) in [6.07, 6.45) is 0. The van der Waals surface area contributed by atoms with Crippen molar-refractivity contribution in [2.75, 3.05) is 20.8 Å². The zero-order valence-electron chi connectivity index (χ0n) is 16.4. The molecule has 0 aliphatic carbocycles. The van der Waals surface area contributed by atoms with E-state index in [4.69, 9.17) is 14.2 Å². The molecule has 0 heterocycles. The lowest BCUT2D eigenvalue weighted by atomic mass is 9.91. The SMILES string of the molecule is COc1ccc([C@H](C[N+](=O)[O-])c2ccc(OCc3ccccc3)c(OC)c2)cc1. The first-order valence-electron chi connectivity index (χ1n) is 9.21. The summed E-state index contributed by atoms with van der Waals surface area (Å²) in [6.45, 7) is 0.188. The van der Waals surface area contributed by atoms with Gasteiger partial charge < -0.3 is 14.2 Å². The Labute approximate surface area is 169 Å². The molecule has 0 saturated heterocycles. The summed E-state index contributed by atoms with van der Waals surface area (Å²) in [5.41, 5.74) is 2.67. The lowest BCUT2D eigenvalue weighted by molar-refractivity contribution is -0.481. The second-order valence-electron chi connectivity index (χ2n) is 6.53. The Morgan fingerprint density at radius 3 is 2.17 bits per heavy atom. The summed E-state index contributed by atoms with van der Waals surface area (Å²) in [5, 5.41) is 11.3. The van der Waals surface area contributed by atoms with Gasteiger partial charge in [0.2, 0.25) is 6.54 Å². The van der Waals surface area contributed by atoms with Crippen molar-refractivity contribution in [1.82, 2.24) is 0 Å². The largest absolute Gasteiger partial charge is 0.497 e. The third kappa shape index (κ3) is 5.25. The third-order valence-corrected chi connectivity index (χ3v) is 4.68. The van der Waals surface area contributed by atoms with Gasteiger partial charge in [0, 0.05) is 4.92 Å². The highest BCUT2D eigenvalue weighted by Crippen LogP contribution is 2.34. The number of hydrogen-bond donors (Lipinski definition) is 0. The maximum Gasteiger partial charge on any atom is 0.214 e. The first-order chi connectivity index (χ1) is 14.1. The van der Waals surface area contributed by atoms with E-state index in [9.17, 15) is 10.1 Å². The van der Waals surface area contributed by atoms with Crippen LogP contribution in [0.1, 0.15) is 22.6 Å². The molecule has 3 rings (SSSR count). The first-order valence-corrected chi connectivity index (χ1v) is 9.21. The van der Waals surface area contributed by atoms with E-state index in [0.717, 1.165) is 16.7 Å². The van der Waals surface area contributed by atoms with Gasteiger partial charge in [-0.25, -0.2) is 0 Å². The fourth-order valence-corrected chi connectivity index (χ4v) is 3.14. The number of nitro groups is 1. The van der Waals surface area contributed by atoms with Crippen LogP contribution >= 0.6 is 0 Å². The Balaban J connectivity index is 1.86. The number of rotatable bonds is 9. The Bertz CT molecular complexity index is 941. The van der Waals surface area contributed by atoms with Gasteiger partial charge in [0.05, 0.1) is 20.1 Å². The van der Waals surface area contributed by atoms with Gasteiger partial charge >= 0.3 is 0 Å². The van der Waals surface area contributed by atoms with Crippen molar-refractivity contribution in [2.24, 2.45) is 0 Å². The van der Waals surface area contributed by atoms with Gasteiger partial charge in [0.25, 0.3) is 0 Å². The maximum absolute atomic E-state index is 11.3. The van der Waals surface area contributed by atoms with E-state index < -0.39 is 5.92 Å². The van der Waals surface area contributed by atoms with Crippen molar-refractivity contribution >= 4 is 0 Å². The van der Waals surface area contributed by atoms with Crippen LogP contribution in [0.5, 0.6) is 17.2 Å². The predicted molar refractivity (Wildman–Crippen MR) is 110 cm³/mol. The minimum Gasteiger partial charge on any atom is -0.497 e. The Kier molecular flexibility index (Phi) is 6.68. The molecule has 0 fully saturated rings. The quantitative estimate of drug-likeness (QED) is 0.390. The molecule has 0 aromatic heterocycles. The molecule has 29 heavy (non-hydrogen) atoms. The number of nitrogens with zero attached hydrogens (tertiary/aromatic N) is 1. The van der Waals surface area contributed by atoms with Gasteiger partial charge in [-0.05, 0) is 41.0 Å². The zero-order chi connectivity index (χ0) is 20.6. The maximum atomic E-state index is 11.3. The summed E-state index contributed by atoms with van der Waals surface area (Å²) in [7, 11) is 3.15. The molecule has 150 valence electrons. The van der Waals surface area contributed by atoms with Crippen molar-refractivity contribution in [1.29, 1.82) is 0 Å². The average molecular weight is 393 g/mol. The van der Waals surface area contributed by atoms with Crippen molar-refractivity contribution < 1.29 is 19.1 Å². The molecule has 3 aromatic carbocycles. The molecule has 0 saturated carbocycles. The van der Waals surface area contributed by atoms with Crippen LogP contribution in [0, 0.1) is 10.1 Å². The molecular weight excluding hydrogens is 370 g/mol. The van der Waals surface area contributed by atoms with Crippen LogP contribution in [0.15, 0.2) is 72.8 Å². The minimum absolute atomic E-state index is 0.223. The summed E-state index contributed by atoms with van der Waals surface area (Å²) in [6, 6.07) is 22.6. The standard InChI is InChI=1S/C23H23NO5/c1-27-20-11-8-18(9-12-20)21(15-24(25)26)19-10-13-22(23(14-19)28-2)29-16-17-6-4-3-5-7-17/h3-14,21H,15-16H2,1-2H3/t21-/m0/s1. The average Bonchev–Trinajstić information content (AvgIpc) is 2.76. The summed E-state index contributed by atoms with van der Waals surface area (Å²) >= 11 is 0. The van der Waals surface area contributed by atoms with Crippen LogP contribution in [-0.4, -0.2) is 25.7 Å². The molecule has 0 bridgehead atoms. The van der Waals surface area contributed by atoms with Gasteiger partial charge in [0.15, 0.2) is 11.5 Å². The first kappa shape index (κ1) is 20.2. The van der Waals surface area contributed by atoms with E-state index in [1.807, 2.05) is 48.5 Å². The molecule has 6 nitrogen and oxygen atoms in total. The molecule has 0 aliphatic rings. The number of methoxy groups -OCH3 is 2. The van der Waals surface area contributed by atoms with E-state index in [-0.39, 0.29) is 11.5 Å². The predicted octanol–water partition coefficient (Wildman–Crippen LogP) is 4.69. The second kappa shape index (κ2) is 9.59. The van der Waals surface area contributed by atoms with E-state index in [1.165, 1.54) is 0 Å². The summed E-state index contributed by atoms with van der Waals surface area (Å²) < 4.78 is 16.6. The van der Waals surface area contributed by atoms with Crippen LogP contribution in [0.25, 0.3) is 0 Å². The molecule has 0 spiro atoms. The number of hydrogen-bond acceptors (Lipinski definition) is 5. The molecule has 0 unspecified atom stereocenters. The summed E-state index contributed by atoms with van der Waals surface area (Å²) in [4.78, 5) is 11.0. The van der Waals surface area contributed by atoms with Crippen LogP contribution in [-0.2, 0) is 6.61 Å². The smallest absolute Gasteiger partial charge is 0.214 e. The zero-order valence-corrected chi connectivity index (χ0v) is 16.4. The summed E-state index contributed by atoms with van der Waals surface area (Å²) in [5.74, 6) is 1.43. The van der Waals surface area contributed by atoms with Gasteiger partial charge in [0.1, 0.15) is 12.4 Å². The van der Waals surface area contributed by atoms with Crippen molar-refractivity contribution in [3.8, 4) is 17.2 Å². The highest BCUT2D eigenvalue weighted by atomic mass is 16.6. The molecule has 0 N–H and O–H groups in total. The van der Waals surface area contributed by atoms with Gasteiger partial charge in [-0.2, -0.15) is 0 Å². The monoisotopic (exact) mass is 393 g/mol. The number of benzene rings is 3. The normalized spacial score (nSPS) is 11.5. The Morgan fingerprint density at radius 1 is 0.862 bits per heavy atom. The molecular formula is C23H23NO5. The molecule has 0 aliphatic heterocycles. The van der Waals surface area contributed by atoms with Crippen LogP contribution < -0.4 is 14.2 Å². The van der Waals surface area contributed by atoms with E-state index in [2.05, 4.69) is 0 Å². The minimum atomic E-state index is -0.409. The van der Waals surface area contributed by atoms with E-state index in [0.29, 0.717) is 23.9 Å². The topological polar surface area (TPSA) is 70.8 Å². The van der Waals surface area contributed by atoms with Crippen LogP contribution in [0.4, 0.5) is 0 Å². The number of ether oxygens (including phenoxy) is 3. The van der Waals surface area contributed by atoms with Gasteiger partial charge in [-0.1, -0.05) is 48.5 Å². The highest BCUT2D eigenvalue weighted by Gasteiger charge is 2.22. The lowest BCUT2D eigenvalue weighted by Gasteiger charge is -2.17. The molecule has 0 radical (unpaired) electrons. The Hall–Kier alpha value is -3.54. The molecule has 3 aromatic rings. The second-order valence-corrected chi connectivity index (χ2v) is 6.53. The molecule has 0 amide bonds. The molecule has 1 atom stereocenters. The van der Waals surface area contributed by atoms with Crippen molar-refractivity contribution in [3.63, 3.8) is 0 Å². The highest BCUT2D eigenvalue weighted by molar-refractivity contribution is 5.46. The van der Waals surface area contributed by atoms with Gasteiger partial charge in [-0.15, -0.1) is 0 Å². The molecule has 6 heteroatoms. The third-order valence-electron chi connectivity index (χ3n) is 4.68.